The summed E-state index contributed by atoms with van der Waals surface area (Å²) in [5.41, 5.74) is -0.763. The van der Waals surface area contributed by atoms with Crippen molar-refractivity contribution in [3.05, 3.63) is 24.3 Å². The molecule has 0 aromatic heterocycles. The molecule has 16 heavy (non-hydrogen) atoms. The normalized spacial score (nSPS) is 24.3. The zero-order valence-corrected chi connectivity index (χ0v) is 8.73. The Hall–Kier alpha value is -1.59. The Morgan fingerprint density at radius 1 is 1.38 bits per heavy atom. The standard InChI is InChI=1S/C11H14N2O3/c14-9-3-1-8(2-4-9)13-10(15)11(16)5-6-12-7-11/h1-4,12,14,16H,5-7H2,(H,13,15). The molecule has 86 valence electrons. The van der Waals surface area contributed by atoms with Gasteiger partial charge in [-0.2, -0.15) is 0 Å². The number of amides is 1. The largest absolute Gasteiger partial charge is 0.508 e. The number of carbonyl (C=O) groups excluding carboxylic acids is 1. The molecule has 0 saturated carbocycles. The van der Waals surface area contributed by atoms with Crippen molar-refractivity contribution in [2.24, 2.45) is 0 Å². The molecule has 1 aliphatic heterocycles. The minimum absolute atomic E-state index is 0.138. The third-order valence-corrected chi connectivity index (χ3v) is 2.68. The smallest absolute Gasteiger partial charge is 0.257 e. The number of rotatable bonds is 2. The van der Waals surface area contributed by atoms with Gasteiger partial charge in [0.15, 0.2) is 5.60 Å². The minimum atomic E-state index is -1.32. The van der Waals surface area contributed by atoms with E-state index in [0.29, 0.717) is 18.7 Å². The van der Waals surface area contributed by atoms with Crippen molar-refractivity contribution >= 4 is 11.6 Å². The Morgan fingerprint density at radius 2 is 2.06 bits per heavy atom. The van der Waals surface area contributed by atoms with Gasteiger partial charge in [-0.3, -0.25) is 4.79 Å². The Bertz CT molecular complexity index is 383. The first-order chi connectivity index (χ1) is 7.60. The van der Waals surface area contributed by atoms with E-state index in [1.807, 2.05) is 0 Å². The van der Waals surface area contributed by atoms with Gasteiger partial charge in [-0.1, -0.05) is 0 Å². The van der Waals surface area contributed by atoms with E-state index in [0.717, 1.165) is 0 Å². The fraction of sp³-hybridized carbons (Fsp3) is 0.364. The number of carbonyl (C=O) groups is 1. The molecule has 1 atom stereocenters. The first-order valence-electron chi connectivity index (χ1n) is 5.14. The van der Waals surface area contributed by atoms with Crippen LogP contribution in [0.15, 0.2) is 24.3 Å². The number of phenols is 1. The Kier molecular flexibility index (Phi) is 2.80. The summed E-state index contributed by atoms with van der Waals surface area (Å²) in [5, 5.41) is 24.6. The van der Waals surface area contributed by atoms with Crippen molar-refractivity contribution in [2.45, 2.75) is 12.0 Å². The fourth-order valence-corrected chi connectivity index (χ4v) is 1.66. The first-order valence-corrected chi connectivity index (χ1v) is 5.14. The summed E-state index contributed by atoms with van der Waals surface area (Å²) in [6.45, 7) is 0.913. The van der Waals surface area contributed by atoms with Gasteiger partial charge < -0.3 is 20.8 Å². The molecule has 0 aliphatic carbocycles. The molecular weight excluding hydrogens is 208 g/mol. The minimum Gasteiger partial charge on any atom is -0.508 e. The van der Waals surface area contributed by atoms with E-state index in [9.17, 15) is 9.90 Å². The summed E-state index contributed by atoms with van der Waals surface area (Å²) in [5.74, 6) is -0.276. The number of nitrogens with one attached hydrogen (secondary N) is 2. The molecule has 0 spiro atoms. The third-order valence-electron chi connectivity index (χ3n) is 2.68. The van der Waals surface area contributed by atoms with Gasteiger partial charge in [0.05, 0.1) is 0 Å². The third kappa shape index (κ3) is 2.15. The van der Waals surface area contributed by atoms with Gasteiger partial charge in [0, 0.05) is 12.2 Å². The van der Waals surface area contributed by atoms with E-state index in [1.54, 1.807) is 12.1 Å². The monoisotopic (exact) mass is 222 g/mol. The zero-order valence-electron chi connectivity index (χ0n) is 8.73. The number of β-amino-alcohol motifs (C(OH)–C–C–N with tert-alkyl or cyclic N) is 1. The number of aromatic hydroxyl groups is 1. The molecular formula is C11H14N2O3. The Morgan fingerprint density at radius 3 is 2.62 bits per heavy atom. The molecule has 4 N–H and O–H groups in total. The van der Waals surface area contributed by atoms with Gasteiger partial charge in [-0.05, 0) is 37.2 Å². The van der Waals surface area contributed by atoms with Crippen molar-refractivity contribution in [1.82, 2.24) is 5.32 Å². The van der Waals surface area contributed by atoms with Gasteiger partial charge in [0.1, 0.15) is 5.75 Å². The highest BCUT2D eigenvalue weighted by atomic mass is 16.3. The molecule has 1 aromatic carbocycles. The predicted molar refractivity (Wildman–Crippen MR) is 59.2 cm³/mol. The van der Waals surface area contributed by atoms with Crippen LogP contribution < -0.4 is 10.6 Å². The van der Waals surface area contributed by atoms with Crippen LogP contribution in [0.1, 0.15) is 6.42 Å². The molecule has 1 heterocycles. The number of anilines is 1. The lowest BCUT2D eigenvalue weighted by molar-refractivity contribution is -0.132. The number of benzene rings is 1. The van der Waals surface area contributed by atoms with Gasteiger partial charge in [-0.25, -0.2) is 0 Å². The molecule has 5 nitrogen and oxygen atoms in total. The summed E-state index contributed by atoms with van der Waals surface area (Å²) in [4.78, 5) is 11.8. The van der Waals surface area contributed by atoms with E-state index in [2.05, 4.69) is 10.6 Å². The highest BCUT2D eigenvalue weighted by Gasteiger charge is 2.38. The Balaban J connectivity index is 2.04. The zero-order chi connectivity index (χ0) is 11.6. The maximum atomic E-state index is 11.8. The van der Waals surface area contributed by atoms with E-state index in [4.69, 9.17) is 5.11 Å². The van der Waals surface area contributed by atoms with Crippen LogP contribution in [0.3, 0.4) is 0 Å². The van der Waals surface area contributed by atoms with Crippen LogP contribution in [0.25, 0.3) is 0 Å². The van der Waals surface area contributed by atoms with E-state index in [-0.39, 0.29) is 12.3 Å². The molecule has 1 fully saturated rings. The van der Waals surface area contributed by atoms with Crippen LogP contribution in [0.4, 0.5) is 5.69 Å². The van der Waals surface area contributed by atoms with Crippen molar-refractivity contribution in [2.75, 3.05) is 18.4 Å². The van der Waals surface area contributed by atoms with Gasteiger partial charge in [0.2, 0.25) is 0 Å². The summed E-state index contributed by atoms with van der Waals surface area (Å²) in [6, 6.07) is 6.12. The summed E-state index contributed by atoms with van der Waals surface area (Å²) >= 11 is 0. The summed E-state index contributed by atoms with van der Waals surface area (Å²) < 4.78 is 0. The van der Waals surface area contributed by atoms with Crippen molar-refractivity contribution < 1.29 is 15.0 Å². The maximum Gasteiger partial charge on any atom is 0.257 e. The number of hydrogen-bond donors (Lipinski definition) is 4. The lowest BCUT2D eigenvalue weighted by atomic mass is 10.0. The Labute approximate surface area is 93.1 Å². The molecule has 1 amide bonds. The van der Waals surface area contributed by atoms with Crippen LogP contribution >= 0.6 is 0 Å². The van der Waals surface area contributed by atoms with E-state index < -0.39 is 11.5 Å². The van der Waals surface area contributed by atoms with Crippen molar-refractivity contribution in [1.29, 1.82) is 0 Å². The molecule has 0 bridgehead atoms. The van der Waals surface area contributed by atoms with Gasteiger partial charge in [-0.15, -0.1) is 0 Å². The molecule has 1 saturated heterocycles. The van der Waals surface area contributed by atoms with Crippen LogP contribution in [0, 0.1) is 0 Å². The highest BCUT2D eigenvalue weighted by molar-refractivity contribution is 5.97. The second-order valence-corrected chi connectivity index (χ2v) is 3.96. The first kappa shape index (κ1) is 10.9. The van der Waals surface area contributed by atoms with Crippen molar-refractivity contribution in [3.8, 4) is 5.75 Å². The van der Waals surface area contributed by atoms with E-state index in [1.165, 1.54) is 12.1 Å². The average Bonchev–Trinajstić information content (AvgIpc) is 2.70. The quantitative estimate of drug-likeness (QED) is 0.533. The molecule has 1 aromatic rings. The lowest BCUT2D eigenvalue weighted by Gasteiger charge is -2.20. The molecule has 1 aliphatic rings. The maximum absolute atomic E-state index is 11.8. The van der Waals surface area contributed by atoms with Crippen LogP contribution in [-0.4, -0.2) is 34.8 Å². The second-order valence-electron chi connectivity index (χ2n) is 3.96. The summed E-state index contributed by atoms with van der Waals surface area (Å²) in [6.07, 6.45) is 0.414. The lowest BCUT2D eigenvalue weighted by Crippen LogP contribution is -2.44. The average molecular weight is 222 g/mol. The molecule has 0 radical (unpaired) electrons. The second kappa shape index (κ2) is 4.11. The fourth-order valence-electron chi connectivity index (χ4n) is 1.66. The van der Waals surface area contributed by atoms with Crippen LogP contribution in [0.2, 0.25) is 0 Å². The van der Waals surface area contributed by atoms with Crippen LogP contribution in [-0.2, 0) is 4.79 Å². The molecule has 2 rings (SSSR count). The van der Waals surface area contributed by atoms with Crippen LogP contribution in [0.5, 0.6) is 5.75 Å². The number of phenolic OH excluding ortho intramolecular Hbond substituents is 1. The predicted octanol–water partition coefficient (Wildman–Crippen LogP) is 0.0551. The highest BCUT2D eigenvalue weighted by Crippen LogP contribution is 2.19. The number of hydrogen-bond acceptors (Lipinski definition) is 4. The van der Waals surface area contributed by atoms with Crippen molar-refractivity contribution in [3.63, 3.8) is 0 Å². The number of aliphatic hydroxyl groups is 1. The van der Waals surface area contributed by atoms with Gasteiger partial charge in [0.25, 0.3) is 5.91 Å². The molecule has 1 unspecified atom stereocenters. The van der Waals surface area contributed by atoms with E-state index >= 15 is 0 Å². The molecule has 5 heteroatoms. The summed E-state index contributed by atoms with van der Waals surface area (Å²) in [7, 11) is 0. The SMILES string of the molecule is O=C(Nc1ccc(O)cc1)C1(O)CCNC1. The van der Waals surface area contributed by atoms with Gasteiger partial charge >= 0.3 is 0 Å². The topological polar surface area (TPSA) is 81.6 Å².